The lowest BCUT2D eigenvalue weighted by molar-refractivity contribution is 0.00169. The van der Waals surface area contributed by atoms with Gasteiger partial charge in [-0.05, 0) is 59.8 Å². The van der Waals surface area contributed by atoms with Gasteiger partial charge < -0.3 is 10.1 Å². The molecule has 0 fully saturated rings. The minimum atomic E-state index is -0.711. The van der Waals surface area contributed by atoms with Gasteiger partial charge in [0.2, 0.25) is 0 Å². The van der Waals surface area contributed by atoms with E-state index in [0.717, 1.165) is 0 Å². The molecule has 0 saturated carbocycles. The van der Waals surface area contributed by atoms with Gasteiger partial charge in [0.05, 0.1) is 30.2 Å². The lowest BCUT2D eigenvalue weighted by atomic mass is 10.1. The Morgan fingerprint density at radius 1 is 1.19 bits per heavy atom. The van der Waals surface area contributed by atoms with E-state index in [2.05, 4.69) is 26.7 Å². The molecule has 9 heteroatoms. The molecule has 2 aromatic carbocycles. The van der Waals surface area contributed by atoms with Gasteiger partial charge in [0.1, 0.15) is 11.6 Å². The highest BCUT2D eigenvalue weighted by Gasteiger charge is 2.18. The predicted molar refractivity (Wildman–Crippen MR) is 106 cm³/mol. The van der Waals surface area contributed by atoms with E-state index in [4.69, 9.17) is 9.57 Å². The van der Waals surface area contributed by atoms with Gasteiger partial charge in [0.25, 0.3) is 5.91 Å². The minimum absolute atomic E-state index is 0.0359. The van der Waals surface area contributed by atoms with E-state index in [9.17, 15) is 13.6 Å². The molecule has 0 saturated heterocycles. The lowest BCUT2D eigenvalue weighted by Crippen LogP contribution is -2.26. The number of carbonyl (C=O) groups is 1. The van der Waals surface area contributed by atoms with E-state index in [1.54, 1.807) is 6.07 Å². The molecule has 0 aliphatic rings. The van der Waals surface area contributed by atoms with Crippen molar-refractivity contribution >= 4 is 55.8 Å². The van der Waals surface area contributed by atoms with Crippen LogP contribution in [0.15, 0.2) is 34.8 Å². The second-order valence-electron chi connectivity index (χ2n) is 5.04. The summed E-state index contributed by atoms with van der Waals surface area (Å²) in [4.78, 5) is 17.3. The zero-order valence-electron chi connectivity index (χ0n) is 13.7. The monoisotopic (exact) mass is 540 g/mol. The molecule has 0 spiro atoms. The molecule has 26 heavy (non-hydrogen) atoms. The Balaban J connectivity index is 2.21. The molecule has 140 valence electrons. The average Bonchev–Trinajstić information content (AvgIpc) is 2.58. The second kappa shape index (κ2) is 10.1. The highest BCUT2D eigenvalue weighted by Crippen LogP contribution is 2.29. The van der Waals surface area contributed by atoms with Crippen LogP contribution in [0.3, 0.4) is 0 Å². The summed E-state index contributed by atoms with van der Waals surface area (Å²) in [6, 6.07) is 7.03. The minimum Gasteiger partial charge on any atom is -0.379 e. The van der Waals surface area contributed by atoms with Crippen molar-refractivity contribution in [2.45, 2.75) is 6.92 Å². The SMILES string of the molecule is CCOCCONC(=O)c1cc(Br)cc(F)c1Nc1ccc(I)cc1F. The summed E-state index contributed by atoms with van der Waals surface area (Å²) >= 11 is 5.11. The third-order valence-corrected chi connectivity index (χ3v) is 4.32. The number of hydrogen-bond donors (Lipinski definition) is 2. The van der Waals surface area contributed by atoms with Crippen LogP contribution in [-0.2, 0) is 9.57 Å². The third-order valence-electron chi connectivity index (χ3n) is 3.19. The molecule has 2 rings (SSSR count). The van der Waals surface area contributed by atoms with Gasteiger partial charge in [-0.15, -0.1) is 0 Å². The molecular formula is C17H16BrF2IN2O3. The maximum atomic E-state index is 14.4. The van der Waals surface area contributed by atoms with Crippen molar-refractivity contribution in [3.63, 3.8) is 0 Å². The van der Waals surface area contributed by atoms with Crippen molar-refractivity contribution in [1.82, 2.24) is 5.48 Å². The Morgan fingerprint density at radius 2 is 1.96 bits per heavy atom. The Morgan fingerprint density at radius 3 is 2.65 bits per heavy atom. The fraction of sp³-hybridized carbons (Fsp3) is 0.235. The summed E-state index contributed by atoms with van der Waals surface area (Å²) in [5.41, 5.74) is 2.09. The summed E-state index contributed by atoms with van der Waals surface area (Å²) in [7, 11) is 0. The molecule has 0 atom stereocenters. The van der Waals surface area contributed by atoms with Gasteiger partial charge in [0.15, 0.2) is 0 Å². The molecule has 0 heterocycles. The number of benzene rings is 2. The smallest absolute Gasteiger partial charge is 0.277 e. The Kier molecular flexibility index (Phi) is 8.19. The zero-order chi connectivity index (χ0) is 19.1. The molecule has 0 aliphatic heterocycles. The molecular weight excluding hydrogens is 525 g/mol. The molecule has 2 aromatic rings. The number of ether oxygens (including phenoxy) is 1. The van der Waals surface area contributed by atoms with Crippen LogP contribution in [0.25, 0.3) is 0 Å². The number of carbonyl (C=O) groups excluding carboxylic acids is 1. The van der Waals surface area contributed by atoms with E-state index in [0.29, 0.717) is 21.3 Å². The average molecular weight is 541 g/mol. The summed E-state index contributed by atoms with van der Waals surface area (Å²) in [5, 5.41) is 2.64. The van der Waals surface area contributed by atoms with Crippen LogP contribution >= 0.6 is 38.5 Å². The van der Waals surface area contributed by atoms with Crippen molar-refractivity contribution < 1.29 is 23.1 Å². The van der Waals surface area contributed by atoms with E-state index >= 15 is 0 Å². The molecule has 0 unspecified atom stereocenters. The van der Waals surface area contributed by atoms with Gasteiger partial charge in [-0.3, -0.25) is 9.63 Å². The molecule has 0 aromatic heterocycles. The Hall–Kier alpha value is -1.30. The number of anilines is 2. The largest absolute Gasteiger partial charge is 0.379 e. The topological polar surface area (TPSA) is 59.6 Å². The standard InChI is InChI=1S/C17H16BrF2IN2O3/c1-2-25-5-6-26-23-17(24)12-7-10(18)8-14(20)16(12)22-15-4-3-11(21)9-13(15)19/h3-4,7-9,22H,2,5-6H2,1H3,(H,23,24). The summed E-state index contributed by atoms with van der Waals surface area (Å²) in [6.45, 7) is 2.82. The van der Waals surface area contributed by atoms with E-state index in [1.165, 1.54) is 24.3 Å². The summed E-state index contributed by atoms with van der Waals surface area (Å²) < 4.78 is 34.6. The van der Waals surface area contributed by atoms with Crippen LogP contribution in [0.2, 0.25) is 0 Å². The van der Waals surface area contributed by atoms with Gasteiger partial charge in [-0.2, -0.15) is 0 Å². The third kappa shape index (κ3) is 5.86. The first-order chi connectivity index (χ1) is 12.4. The highest BCUT2D eigenvalue weighted by molar-refractivity contribution is 14.1. The van der Waals surface area contributed by atoms with Crippen molar-refractivity contribution in [3.05, 3.63) is 55.6 Å². The van der Waals surface area contributed by atoms with Gasteiger partial charge in [-0.1, -0.05) is 15.9 Å². The first-order valence-corrected chi connectivity index (χ1v) is 9.50. The fourth-order valence-corrected chi connectivity index (χ4v) is 2.90. The first kappa shape index (κ1) is 21.0. The molecule has 0 bridgehead atoms. The van der Waals surface area contributed by atoms with E-state index in [1.807, 2.05) is 29.5 Å². The molecule has 5 nitrogen and oxygen atoms in total. The van der Waals surface area contributed by atoms with Crippen molar-refractivity contribution in [1.29, 1.82) is 0 Å². The first-order valence-electron chi connectivity index (χ1n) is 7.63. The Bertz CT molecular complexity index is 793. The van der Waals surface area contributed by atoms with Crippen LogP contribution in [0.5, 0.6) is 0 Å². The fourth-order valence-electron chi connectivity index (χ4n) is 2.02. The quantitative estimate of drug-likeness (QED) is 0.287. The maximum absolute atomic E-state index is 14.4. The van der Waals surface area contributed by atoms with Crippen LogP contribution in [0.4, 0.5) is 20.2 Å². The molecule has 0 aliphatic carbocycles. The van der Waals surface area contributed by atoms with E-state index < -0.39 is 17.5 Å². The normalized spacial score (nSPS) is 10.7. The lowest BCUT2D eigenvalue weighted by Gasteiger charge is -2.14. The van der Waals surface area contributed by atoms with Gasteiger partial charge >= 0.3 is 0 Å². The Labute approximate surface area is 171 Å². The molecule has 0 radical (unpaired) electrons. The number of hydroxylamine groups is 1. The predicted octanol–water partition coefficient (Wildman–Crippen LogP) is 4.77. The highest BCUT2D eigenvalue weighted by atomic mass is 127. The van der Waals surface area contributed by atoms with Gasteiger partial charge in [-0.25, -0.2) is 14.3 Å². The van der Waals surface area contributed by atoms with Crippen molar-refractivity contribution in [2.24, 2.45) is 0 Å². The number of hydrogen-bond acceptors (Lipinski definition) is 4. The zero-order valence-corrected chi connectivity index (χ0v) is 17.5. The van der Waals surface area contributed by atoms with Crippen molar-refractivity contribution in [2.75, 3.05) is 25.1 Å². The van der Waals surface area contributed by atoms with Crippen LogP contribution in [-0.4, -0.2) is 25.7 Å². The number of rotatable bonds is 8. The van der Waals surface area contributed by atoms with E-state index in [-0.39, 0.29) is 23.5 Å². The van der Waals surface area contributed by atoms with Crippen LogP contribution in [0, 0.1) is 15.2 Å². The molecule has 1 amide bonds. The van der Waals surface area contributed by atoms with Crippen molar-refractivity contribution in [3.8, 4) is 0 Å². The van der Waals surface area contributed by atoms with Gasteiger partial charge in [0, 0.05) is 14.6 Å². The van der Waals surface area contributed by atoms with Crippen LogP contribution in [0.1, 0.15) is 17.3 Å². The molecule has 2 N–H and O–H groups in total. The maximum Gasteiger partial charge on any atom is 0.277 e. The van der Waals surface area contributed by atoms with Crippen LogP contribution < -0.4 is 10.8 Å². The summed E-state index contributed by atoms with van der Waals surface area (Å²) in [6.07, 6.45) is 0. The number of halogens is 4. The number of amides is 1. The number of nitrogens with one attached hydrogen (secondary N) is 2. The second-order valence-corrected chi connectivity index (χ2v) is 7.20. The summed E-state index contributed by atoms with van der Waals surface area (Å²) in [5.74, 6) is -1.94.